The van der Waals surface area contributed by atoms with Gasteiger partial charge in [-0.3, -0.25) is 4.79 Å². The van der Waals surface area contributed by atoms with Crippen molar-refractivity contribution >= 4 is 11.7 Å². The van der Waals surface area contributed by atoms with Crippen LogP contribution in [-0.4, -0.2) is 18.9 Å². The van der Waals surface area contributed by atoms with E-state index in [-0.39, 0.29) is 5.78 Å². The van der Waals surface area contributed by atoms with Gasteiger partial charge < -0.3 is 9.32 Å². The number of furan rings is 1. The minimum Gasteiger partial charge on any atom is -0.437 e. The Balaban J connectivity index is 1.93. The largest absolute Gasteiger partial charge is 0.437 e. The highest BCUT2D eigenvalue weighted by Crippen LogP contribution is 2.27. The number of anilines is 1. The minimum atomic E-state index is -0.00267. The van der Waals surface area contributed by atoms with E-state index < -0.39 is 0 Å². The standard InChI is InChI=1S/C14H21NO2/c1-3-4-12-7-9-15(10-8-12)14-6-5-13(17-14)11(2)16/h5-6,12H,3-4,7-10H2,1-2H3. The molecule has 2 heterocycles. The smallest absolute Gasteiger partial charge is 0.196 e. The van der Waals surface area contributed by atoms with Crippen LogP contribution in [0.2, 0.25) is 0 Å². The van der Waals surface area contributed by atoms with Crippen molar-refractivity contribution in [2.45, 2.75) is 39.5 Å². The third-order valence-electron chi connectivity index (χ3n) is 3.56. The van der Waals surface area contributed by atoms with Crippen LogP contribution in [0.4, 0.5) is 5.88 Å². The second-order valence-corrected chi connectivity index (χ2v) is 4.91. The lowest BCUT2D eigenvalue weighted by atomic mass is 9.93. The van der Waals surface area contributed by atoms with Crippen molar-refractivity contribution in [3.05, 3.63) is 17.9 Å². The normalized spacial score (nSPS) is 17.4. The van der Waals surface area contributed by atoms with E-state index in [0.717, 1.165) is 24.9 Å². The van der Waals surface area contributed by atoms with Crippen LogP contribution in [0.25, 0.3) is 0 Å². The second-order valence-electron chi connectivity index (χ2n) is 4.91. The van der Waals surface area contributed by atoms with E-state index in [1.807, 2.05) is 6.07 Å². The van der Waals surface area contributed by atoms with E-state index >= 15 is 0 Å². The SMILES string of the molecule is CCCC1CCN(c2ccc(C(C)=O)o2)CC1. The van der Waals surface area contributed by atoms with E-state index in [1.54, 1.807) is 6.07 Å². The van der Waals surface area contributed by atoms with Gasteiger partial charge in [0.15, 0.2) is 17.4 Å². The molecule has 1 fully saturated rings. The zero-order valence-electron chi connectivity index (χ0n) is 10.7. The van der Waals surface area contributed by atoms with E-state index in [9.17, 15) is 4.79 Å². The van der Waals surface area contributed by atoms with Gasteiger partial charge in [-0.1, -0.05) is 19.8 Å². The van der Waals surface area contributed by atoms with Crippen molar-refractivity contribution in [3.8, 4) is 0 Å². The first kappa shape index (κ1) is 12.2. The summed E-state index contributed by atoms with van der Waals surface area (Å²) in [5.74, 6) is 2.19. The topological polar surface area (TPSA) is 33.5 Å². The Bertz CT molecular complexity index is 375. The van der Waals surface area contributed by atoms with Gasteiger partial charge in [0.1, 0.15) is 0 Å². The Morgan fingerprint density at radius 1 is 1.41 bits per heavy atom. The molecule has 0 aliphatic carbocycles. The van der Waals surface area contributed by atoms with Crippen LogP contribution in [-0.2, 0) is 0 Å². The fraction of sp³-hybridized carbons (Fsp3) is 0.643. The molecule has 0 aromatic carbocycles. The predicted octanol–water partition coefficient (Wildman–Crippen LogP) is 3.50. The molecule has 0 amide bonds. The molecule has 0 saturated carbocycles. The maximum Gasteiger partial charge on any atom is 0.196 e. The first-order chi connectivity index (χ1) is 8.20. The summed E-state index contributed by atoms with van der Waals surface area (Å²) in [7, 11) is 0. The molecule has 2 rings (SSSR count). The number of ketones is 1. The van der Waals surface area contributed by atoms with E-state index in [1.165, 1.54) is 32.6 Å². The highest BCUT2D eigenvalue weighted by Gasteiger charge is 2.21. The van der Waals surface area contributed by atoms with Gasteiger partial charge in [0.25, 0.3) is 0 Å². The number of hydrogen-bond acceptors (Lipinski definition) is 3. The Morgan fingerprint density at radius 3 is 2.65 bits per heavy atom. The number of rotatable bonds is 4. The molecule has 0 bridgehead atoms. The first-order valence-corrected chi connectivity index (χ1v) is 6.56. The van der Waals surface area contributed by atoms with Crippen molar-refractivity contribution in [1.29, 1.82) is 0 Å². The maximum absolute atomic E-state index is 11.2. The summed E-state index contributed by atoms with van der Waals surface area (Å²) < 4.78 is 5.56. The van der Waals surface area contributed by atoms with Crippen LogP contribution in [0.15, 0.2) is 16.5 Å². The van der Waals surface area contributed by atoms with Gasteiger partial charge in [-0.25, -0.2) is 0 Å². The fourth-order valence-electron chi connectivity index (χ4n) is 2.54. The molecule has 1 saturated heterocycles. The van der Waals surface area contributed by atoms with Crippen LogP contribution in [0, 0.1) is 5.92 Å². The van der Waals surface area contributed by atoms with Gasteiger partial charge in [0.2, 0.25) is 0 Å². The molecule has 0 atom stereocenters. The maximum atomic E-state index is 11.2. The molecule has 0 spiro atoms. The van der Waals surface area contributed by atoms with Gasteiger partial charge in [0.05, 0.1) is 0 Å². The van der Waals surface area contributed by atoms with Crippen LogP contribution in [0.3, 0.4) is 0 Å². The van der Waals surface area contributed by atoms with Crippen molar-refractivity contribution < 1.29 is 9.21 Å². The lowest BCUT2D eigenvalue weighted by molar-refractivity contribution is 0.0987. The van der Waals surface area contributed by atoms with E-state index in [4.69, 9.17) is 4.42 Å². The summed E-state index contributed by atoms with van der Waals surface area (Å²) in [6, 6.07) is 3.69. The molecule has 1 aromatic heterocycles. The van der Waals surface area contributed by atoms with Crippen molar-refractivity contribution in [3.63, 3.8) is 0 Å². The molecule has 0 N–H and O–H groups in total. The Kier molecular flexibility index (Phi) is 3.87. The molecule has 3 nitrogen and oxygen atoms in total. The van der Waals surface area contributed by atoms with Crippen molar-refractivity contribution in [2.75, 3.05) is 18.0 Å². The second kappa shape index (κ2) is 5.39. The average molecular weight is 235 g/mol. The summed E-state index contributed by atoms with van der Waals surface area (Å²) in [5.41, 5.74) is 0. The van der Waals surface area contributed by atoms with Gasteiger partial charge >= 0.3 is 0 Å². The highest BCUT2D eigenvalue weighted by atomic mass is 16.4. The summed E-state index contributed by atoms with van der Waals surface area (Å²) in [4.78, 5) is 13.4. The highest BCUT2D eigenvalue weighted by molar-refractivity contribution is 5.91. The molecule has 1 aliphatic heterocycles. The third-order valence-corrected chi connectivity index (χ3v) is 3.56. The number of nitrogens with zero attached hydrogens (tertiary/aromatic N) is 1. The number of piperidine rings is 1. The molecule has 1 aromatic rings. The van der Waals surface area contributed by atoms with Crippen LogP contribution in [0.1, 0.15) is 50.1 Å². The first-order valence-electron chi connectivity index (χ1n) is 6.56. The van der Waals surface area contributed by atoms with Gasteiger partial charge in [0, 0.05) is 26.1 Å². The summed E-state index contributed by atoms with van der Waals surface area (Å²) >= 11 is 0. The van der Waals surface area contributed by atoms with E-state index in [0.29, 0.717) is 5.76 Å². The van der Waals surface area contributed by atoms with Crippen LogP contribution < -0.4 is 4.90 Å². The van der Waals surface area contributed by atoms with Gasteiger partial charge in [-0.15, -0.1) is 0 Å². The monoisotopic (exact) mass is 235 g/mol. The Hall–Kier alpha value is -1.25. The van der Waals surface area contributed by atoms with Crippen LogP contribution >= 0.6 is 0 Å². The molecule has 1 aliphatic rings. The zero-order valence-corrected chi connectivity index (χ0v) is 10.7. The fourth-order valence-corrected chi connectivity index (χ4v) is 2.54. The minimum absolute atomic E-state index is 0.00267. The predicted molar refractivity (Wildman–Crippen MR) is 68.6 cm³/mol. The lowest BCUT2D eigenvalue weighted by Gasteiger charge is -2.31. The third kappa shape index (κ3) is 2.90. The number of hydrogen-bond donors (Lipinski definition) is 0. The zero-order chi connectivity index (χ0) is 12.3. The average Bonchev–Trinajstić information content (AvgIpc) is 2.80. The number of carbonyl (C=O) groups excluding carboxylic acids is 1. The molecular weight excluding hydrogens is 214 g/mol. The summed E-state index contributed by atoms with van der Waals surface area (Å²) in [6.07, 6.45) is 5.10. The lowest BCUT2D eigenvalue weighted by Crippen LogP contribution is -2.33. The Morgan fingerprint density at radius 2 is 2.12 bits per heavy atom. The Labute approximate surface area is 103 Å². The quantitative estimate of drug-likeness (QED) is 0.749. The number of carbonyl (C=O) groups is 1. The van der Waals surface area contributed by atoms with Crippen molar-refractivity contribution in [1.82, 2.24) is 0 Å². The summed E-state index contributed by atoms with van der Waals surface area (Å²) in [6.45, 7) is 5.89. The summed E-state index contributed by atoms with van der Waals surface area (Å²) in [5, 5.41) is 0. The van der Waals surface area contributed by atoms with Crippen LogP contribution in [0.5, 0.6) is 0 Å². The molecule has 0 radical (unpaired) electrons. The van der Waals surface area contributed by atoms with Crippen molar-refractivity contribution in [2.24, 2.45) is 5.92 Å². The molecular formula is C14H21NO2. The van der Waals surface area contributed by atoms with Gasteiger partial charge in [-0.05, 0) is 24.8 Å². The molecule has 0 unspecified atom stereocenters. The number of Topliss-reactive ketones (excluding diaryl/α,β-unsaturated/α-hetero) is 1. The molecule has 94 valence electrons. The molecule has 17 heavy (non-hydrogen) atoms. The van der Waals surface area contributed by atoms with Gasteiger partial charge in [-0.2, -0.15) is 0 Å². The van der Waals surface area contributed by atoms with E-state index in [2.05, 4.69) is 11.8 Å². The molecule has 3 heteroatoms.